The van der Waals surface area contributed by atoms with Crippen molar-refractivity contribution in [3.63, 3.8) is 0 Å². The maximum Gasteiger partial charge on any atom is 0.231 e. The van der Waals surface area contributed by atoms with E-state index in [1.165, 1.54) is 16.3 Å². The van der Waals surface area contributed by atoms with Gasteiger partial charge in [-0.2, -0.15) is 0 Å². The van der Waals surface area contributed by atoms with E-state index >= 15 is 0 Å². The largest absolute Gasteiger partial charge is 0.369 e. The summed E-state index contributed by atoms with van der Waals surface area (Å²) >= 11 is 0. The van der Waals surface area contributed by atoms with E-state index in [1.54, 1.807) is 0 Å². The molecule has 0 saturated heterocycles. The van der Waals surface area contributed by atoms with E-state index in [1.807, 2.05) is 12.1 Å². The molecule has 0 saturated carbocycles. The number of fused-ring (bicyclic) bond motifs is 1. The van der Waals surface area contributed by atoms with Crippen molar-refractivity contribution in [2.24, 2.45) is 5.73 Å². The molecule has 2 rings (SSSR count). The first-order valence-corrected chi connectivity index (χ1v) is 5.73. The summed E-state index contributed by atoms with van der Waals surface area (Å²) < 4.78 is 0. The summed E-state index contributed by atoms with van der Waals surface area (Å²) in [5.41, 5.74) is 6.35. The lowest BCUT2D eigenvalue weighted by atomic mass is 10.0. The molecule has 0 bridgehead atoms. The van der Waals surface area contributed by atoms with Gasteiger partial charge in [0.2, 0.25) is 5.91 Å². The highest BCUT2D eigenvalue weighted by molar-refractivity contribution is 5.85. The van der Waals surface area contributed by atoms with E-state index in [-0.39, 0.29) is 12.5 Å². The SMILES string of the molecule is NC(=O)CNCCc1cccc2ccccc12. The third-order valence-corrected chi connectivity index (χ3v) is 2.75. The fourth-order valence-corrected chi connectivity index (χ4v) is 1.95. The molecule has 2 aromatic rings. The molecule has 2 aromatic carbocycles. The van der Waals surface area contributed by atoms with Crippen molar-refractivity contribution in [2.45, 2.75) is 6.42 Å². The second kappa shape index (κ2) is 5.46. The van der Waals surface area contributed by atoms with Crippen LogP contribution in [0.5, 0.6) is 0 Å². The highest BCUT2D eigenvalue weighted by Gasteiger charge is 2.00. The molecule has 3 heteroatoms. The normalized spacial score (nSPS) is 10.6. The van der Waals surface area contributed by atoms with Gasteiger partial charge in [0.25, 0.3) is 0 Å². The monoisotopic (exact) mass is 228 g/mol. The third kappa shape index (κ3) is 3.04. The number of hydrogen-bond acceptors (Lipinski definition) is 2. The minimum absolute atomic E-state index is 0.241. The quantitative estimate of drug-likeness (QED) is 0.761. The molecule has 0 aliphatic carbocycles. The fraction of sp³-hybridized carbons (Fsp3) is 0.214. The highest BCUT2D eigenvalue weighted by Crippen LogP contribution is 2.18. The average molecular weight is 228 g/mol. The minimum atomic E-state index is -0.317. The van der Waals surface area contributed by atoms with E-state index < -0.39 is 0 Å². The van der Waals surface area contributed by atoms with Crippen molar-refractivity contribution in [1.29, 1.82) is 0 Å². The molecular formula is C14H16N2O. The van der Waals surface area contributed by atoms with Crippen LogP contribution in [0.15, 0.2) is 42.5 Å². The molecular weight excluding hydrogens is 212 g/mol. The van der Waals surface area contributed by atoms with E-state index in [9.17, 15) is 4.79 Å². The van der Waals surface area contributed by atoms with Gasteiger partial charge in [0.1, 0.15) is 0 Å². The van der Waals surface area contributed by atoms with Crippen LogP contribution in [-0.2, 0) is 11.2 Å². The van der Waals surface area contributed by atoms with E-state index in [4.69, 9.17) is 5.73 Å². The maximum absolute atomic E-state index is 10.6. The Balaban J connectivity index is 2.05. The number of nitrogens with two attached hydrogens (primary N) is 1. The van der Waals surface area contributed by atoms with E-state index in [0.29, 0.717) is 0 Å². The summed E-state index contributed by atoms with van der Waals surface area (Å²) in [7, 11) is 0. The molecule has 88 valence electrons. The van der Waals surface area contributed by atoms with Crippen molar-refractivity contribution in [2.75, 3.05) is 13.1 Å². The number of amides is 1. The van der Waals surface area contributed by atoms with Gasteiger partial charge in [0.15, 0.2) is 0 Å². The Morgan fingerprint density at radius 1 is 1.12 bits per heavy atom. The molecule has 1 amide bonds. The first-order valence-electron chi connectivity index (χ1n) is 5.73. The van der Waals surface area contributed by atoms with Gasteiger partial charge in [-0.25, -0.2) is 0 Å². The van der Waals surface area contributed by atoms with Gasteiger partial charge in [0.05, 0.1) is 6.54 Å². The van der Waals surface area contributed by atoms with Crippen LogP contribution in [0, 0.1) is 0 Å². The Labute approximate surface area is 101 Å². The Bertz CT molecular complexity index is 517. The molecule has 0 atom stereocenters. The minimum Gasteiger partial charge on any atom is -0.369 e. The van der Waals surface area contributed by atoms with Crippen LogP contribution in [0.1, 0.15) is 5.56 Å². The number of benzene rings is 2. The van der Waals surface area contributed by atoms with Crippen molar-refractivity contribution in [1.82, 2.24) is 5.32 Å². The summed E-state index contributed by atoms with van der Waals surface area (Å²) in [5.74, 6) is -0.317. The zero-order valence-corrected chi connectivity index (χ0v) is 9.65. The van der Waals surface area contributed by atoms with Crippen molar-refractivity contribution in [3.8, 4) is 0 Å². The molecule has 3 nitrogen and oxygen atoms in total. The van der Waals surface area contributed by atoms with Crippen molar-refractivity contribution in [3.05, 3.63) is 48.0 Å². The number of rotatable bonds is 5. The van der Waals surface area contributed by atoms with Gasteiger partial charge in [-0.05, 0) is 29.3 Å². The number of carbonyl (C=O) groups is 1. The maximum atomic E-state index is 10.6. The number of carbonyl (C=O) groups excluding carboxylic acids is 1. The summed E-state index contributed by atoms with van der Waals surface area (Å²) in [6.07, 6.45) is 0.897. The van der Waals surface area contributed by atoms with Crippen molar-refractivity contribution >= 4 is 16.7 Å². The zero-order chi connectivity index (χ0) is 12.1. The molecule has 0 aromatic heterocycles. The first kappa shape index (κ1) is 11.6. The van der Waals surface area contributed by atoms with Gasteiger partial charge < -0.3 is 11.1 Å². The average Bonchev–Trinajstić information content (AvgIpc) is 2.34. The molecule has 0 unspecified atom stereocenters. The van der Waals surface area contributed by atoms with Gasteiger partial charge in [-0.1, -0.05) is 42.5 Å². The predicted molar refractivity (Wildman–Crippen MR) is 69.7 cm³/mol. The predicted octanol–water partition coefficient (Wildman–Crippen LogP) is 1.46. The van der Waals surface area contributed by atoms with E-state index in [2.05, 4.69) is 35.6 Å². The lowest BCUT2D eigenvalue weighted by molar-refractivity contribution is -0.117. The van der Waals surface area contributed by atoms with Crippen LogP contribution in [0.2, 0.25) is 0 Å². The van der Waals surface area contributed by atoms with Crippen LogP contribution in [0.4, 0.5) is 0 Å². The standard InChI is InChI=1S/C14H16N2O/c15-14(17)10-16-9-8-12-6-3-5-11-4-1-2-7-13(11)12/h1-7,16H,8-10H2,(H2,15,17). The molecule has 0 fully saturated rings. The number of hydrogen-bond donors (Lipinski definition) is 2. The Morgan fingerprint density at radius 3 is 2.71 bits per heavy atom. The van der Waals surface area contributed by atoms with Gasteiger partial charge in [0, 0.05) is 0 Å². The molecule has 0 spiro atoms. The van der Waals surface area contributed by atoms with Gasteiger partial charge in [-0.15, -0.1) is 0 Å². The highest BCUT2D eigenvalue weighted by atomic mass is 16.1. The second-order valence-electron chi connectivity index (χ2n) is 4.03. The molecule has 0 aliphatic rings. The summed E-state index contributed by atoms with van der Waals surface area (Å²) in [5, 5.41) is 5.55. The fourth-order valence-electron chi connectivity index (χ4n) is 1.95. The first-order chi connectivity index (χ1) is 8.27. The number of nitrogens with one attached hydrogen (secondary N) is 1. The molecule has 0 aliphatic heterocycles. The van der Waals surface area contributed by atoms with E-state index in [0.717, 1.165) is 13.0 Å². The van der Waals surface area contributed by atoms with Crippen molar-refractivity contribution < 1.29 is 4.79 Å². The van der Waals surface area contributed by atoms with Gasteiger partial charge in [-0.3, -0.25) is 4.79 Å². The topological polar surface area (TPSA) is 55.1 Å². The number of primary amides is 1. The Hall–Kier alpha value is -1.87. The van der Waals surface area contributed by atoms with Crippen LogP contribution in [-0.4, -0.2) is 19.0 Å². The zero-order valence-electron chi connectivity index (χ0n) is 9.65. The van der Waals surface area contributed by atoms with Crippen LogP contribution >= 0.6 is 0 Å². The molecule has 17 heavy (non-hydrogen) atoms. The summed E-state index contributed by atoms with van der Waals surface area (Å²) in [6.45, 7) is 1.00. The smallest absolute Gasteiger partial charge is 0.231 e. The Morgan fingerprint density at radius 2 is 1.88 bits per heavy atom. The van der Waals surface area contributed by atoms with Crippen LogP contribution < -0.4 is 11.1 Å². The lowest BCUT2D eigenvalue weighted by Crippen LogP contribution is -2.29. The molecule has 0 radical (unpaired) electrons. The van der Waals surface area contributed by atoms with Crippen LogP contribution in [0.25, 0.3) is 10.8 Å². The van der Waals surface area contributed by atoms with Crippen LogP contribution in [0.3, 0.4) is 0 Å². The molecule has 0 heterocycles. The van der Waals surface area contributed by atoms with Gasteiger partial charge >= 0.3 is 0 Å². The summed E-state index contributed by atoms with van der Waals surface area (Å²) in [4.78, 5) is 10.6. The molecule has 3 N–H and O–H groups in total. The Kier molecular flexibility index (Phi) is 3.73. The summed E-state index contributed by atoms with van der Waals surface area (Å²) in [6, 6.07) is 14.6. The third-order valence-electron chi connectivity index (χ3n) is 2.75. The second-order valence-corrected chi connectivity index (χ2v) is 4.03. The lowest BCUT2D eigenvalue weighted by Gasteiger charge is -2.06.